The molecule has 1 aliphatic rings. The van der Waals surface area contributed by atoms with Crippen LogP contribution in [0, 0.1) is 26.7 Å². The van der Waals surface area contributed by atoms with E-state index in [9.17, 15) is 22.8 Å². The molecule has 12 heteroatoms. The number of hydrogen-bond acceptors (Lipinski definition) is 7. The van der Waals surface area contributed by atoms with E-state index in [4.69, 9.17) is 0 Å². The lowest BCUT2D eigenvalue weighted by Crippen LogP contribution is -2.47. The number of hydrogen-bond donors (Lipinski definition) is 2. The van der Waals surface area contributed by atoms with E-state index in [0.717, 1.165) is 57.2 Å². The zero-order valence-electron chi connectivity index (χ0n) is 31.2. The fourth-order valence-corrected chi connectivity index (χ4v) is 5.68. The molecule has 50 heavy (non-hydrogen) atoms. The Hall–Kier alpha value is -3.22. The number of carbonyl (C=O) groups excluding carboxylic acids is 2. The number of ether oxygens (including phenoxy) is 1. The second-order valence-electron chi connectivity index (χ2n) is 12.2. The van der Waals surface area contributed by atoms with Gasteiger partial charge >= 0.3 is 12.4 Å². The van der Waals surface area contributed by atoms with Crippen molar-refractivity contribution in [1.82, 2.24) is 15.5 Å². The quantitative estimate of drug-likeness (QED) is 0.158. The second kappa shape index (κ2) is 24.8. The summed E-state index contributed by atoms with van der Waals surface area (Å²) < 4.78 is 38.5. The minimum Gasteiger partial charge on any atom is -0.406 e. The first kappa shape index (κ1) is 44.8. The Labute approximate surface area is 302 Å². The maximum atomic E-state index is 11.9. The molecule has 8 nitrogen and oxygen atoms in total. The molecular weight excluding hydrogens is 664 g/mol. The summed E-state index contributed by atoms with van der Waals surface area (Å²) in [6.07, 6.45) is 4.50. The molecule has 1 saturated heterocycles. The highest BCUT2D eigenvalue weighted by molar-refractivity contribution is 8.14. The van der Waals surface area contributed by atoms with Crippen molar-refractivity contribution in [3.8, 4) is 5.75 Å². The van der Waals surface area contributed by atoms with E-state index < -0.39 is 6.36 Å². The molecule has 2 amide bonds. The summed E-state index contributed by atoms with van der Waals surface area (Å²) in [6.45, 7) is 16.8. The van der Waals surface area contributed by atoms with Gasteiger partial charge < -0.3 is 10.1 Å². The van der Waals surface area contributed by atoms with Crippen molar-refractivity contribution in [2.45, 2.75) is 106 Å². The van der Waals surface area contributed by atoms with Crippen LogP contribution in [0.15, 0.2) is 52.4 Å². The van der Waals surface area contributed by atoms with E-state index in [1.807, 2.05) is 20.2 Å². The van der Waals surface area contributed by atoms with Crippen LogP contribution >= 0.6 is 11.8 Å². The lowest BCUT2D eigenvalue weighted by molar-refractivity contribution is -0.274. The van der Waals surface area contributed by atoms with Crippen LogP contribution in [0.4, 0.5) is 18.0 Å². The standard InChI is InChI=1S/C20H37N5O2S.C10H14.C8H7F3O/c1-5-7-11-22-19(21-4)25-13-9-17(10-14-25)8-12-23-20(27)24-16(3)28-15-18(26)6-2;1-4-10-7-5-6-8(2)9(10)3;1-6-2-4-7(5-3-6)12-8(9,10)11/h11,17,19,21H,5-10,12-15H2,1-4H3,(H,23,27);5-7H,4H2,1-3H3;2-5H,1H3/b22-11-,24-16-;;. The number of carbonyl (C=O) groups is 2. The maximum Gasteiger partial charge on any atom is 0.573 e. The van der Waals surface area contributed by atoms with Crippen molar-refractivity contribution in [2.24, 2.45) is 15.9 Å². The van der Waals surface area contributed by atoms with Crippen molar-refractivity contribution < 1.29 is 27.5 Å². The number of benzene rings is 2. The molecule has 0 radical (unpaired) electrons. The summed E-state index contributed by atoms with van der Waals surface area (Å²) in [4.78, 5) is 34.2. The van der Waals surface area contributed by atoms with Crippen LogP contribution in [0.2, 0.25) is 0 Å². The summed E-state index contributed by atoms with van der Waals surface area (Å²) in [7, 11) is 1.95. The second-order valence-corrected chi connectivity index (χ2v) is 13.3. The number of nitrogens with zero attached hydrogens (tertiary/aromatic N) is 3. The number of amides is 2. The topological polar surface area (TPSA) is 95.4 Å². The Kier molecular flexibility index (Phi) is 22.3. The Morgan fingerprint density at radius 3 is 2.26 bits per heavy atom. The normalized spacial score (nSPS) is 14.7. The van der Waals surface area contributed by atoms with E-state index in [-0.39, 0.29) is 23.9 Å². The minimum atomic E-state index is -4.60. The first-order valence-corrected chi connectivity index (χ1v) is 18.5. The molecule has 2 aromatic carbocycles. The fraction of sp³-hybridized carbons (Fsp3) is 0.579. The number of unbranched alkanes of at least 4 members (excludes halogenated alkanes) is 1. The highest BCUT2D eigenvalue weighted by atomic mass is 32.2. The van der Waals surface area contributed by atoms with Gasteiger partial charge in [0.05, 0.1) is 10.8 Å². The molecule has 2 aromatic rings. The van der Waals surface area contributed by atoms with Crippen molar-refractivity contribution in [2.75, 3.05) is 32.4 Å². The summed E-state index contributed by atoms with van der Waals surface area (Å²) in [6, 6.07) is 11.8. The first-order chi connectivity index (χ1) is 23.7. The van der Waals surface area contributed by atoms with Crippen molar-refractivity contribution in [3.63, 3.8) is 0 Å². The number of likely N-dealkylation sites (tertiary alicyclic amines) is 1. The maximum absolute atomic E-state index is 11.9. The predicted molar refractivity (Wildman–Crippen MR) is 203 cm³/mol. The number of Topliss-reactive ketones (excluding diaryl/α,β-unsaturated/α-hetero) is 1. The number of nitrogens with one attached hydrogen (secondary N) is 2. The van der Waals surface area contributed by atoms with Crippen molar-refractivity contribution in [3.05, 3.63) is 64.7 Å². The molecule has 280 valence electrons. The van der Waals surface area contributed by atoms with E-state index in [1.165, 1.54) is 40.6 Å². The van der Waals surface area contributed by atoms with Gasteiger partial charge in [-0.25, -0.2) is 4.79 Å². The zero-order chi connectivity index (χ0) is 37.5. The molecule has 1 atom stereocenters. The van der Waals surface area contributed by atoms with Crippen molar-refractivity contribution in [1.29, 1.82) is 0 Å². The van der Waals surface area contributed by atoms with Crippen LogP contribution in [-0.2, 0) is 11.2 Å². The number of halogens is 3. The van der Waals surface area contributed by atoms with Gasteiger partial charge in [0.25, 0.3) is 0 Å². The Balaban J connectivity index is 0.000000460. The predicted octanol–water partition coefficient (Wildman–Crippen LogP) is 9.06. The third-order valence-electron chi connectivity index (χ3n) is 8.19. The fourth-order valence-electron chi connectivity index (χ4n) is 4.96. The monoisotopic (exact) mass is 721 g/mol. The van der Waals surface area contributed by atoms with Gasteiger partial charge in [0.15, 0.2) is 6.29 Å². The highest BCUT2D eigenvalue weighted by Crippen LogP contribution is 2.23. The lowest BCUT2D eigenvalue weighted by atomic mass is 9.93. The average molecular weight is 722 g/mol. The third kappa shape index (κ3) is 19.8. The number of rotatable bonds is 13. The average Bonchev–Trinajstić information content (AvgIpc) is 3.08. The molecule has 0 spiro atoms. The number of ketones is 1. The molecular formula is C38H58F3N5O3S. The molecule has 2 N–H and O–H groups in total. The Bertz CT molecular complexity index is 1330. The van der Waals surface area contributed by atoms with Gasteiger partial charge in [0, 0.05) is 32.3 Å². The SMILES string of the molecule is CCC/C=N\C(NC)N1CCC(CCNC(=O)/N=C(/C)SCC(=O)CC)CC1.CCc1cccc(C)c1C.Cc1ccc(OC(F)(F)F)cc1. The van der Waals surface area contributed by atoms with Gasteiger partial charge in [-0.2, -0.15) is 4.99 Å². The lowest BCUT2D eigenvalue weighted by Gasteiger charge is -2.35. The smallest absolute Gasteiger partial charge is 0.406 e. The van der Waals surface area contributed by atoms with E-state index in [1.54, 1.807) is 26.0 Å². The summed E-state index contributed by atoms with van der Waals surface area (Å²) >= 11 is 1.33. The van der Waals surface area contributed by atoms with Crippen LogP contribution < -0.4 is 15.4 Å². The van der Waals surface area contributed by atoms with Gasteiger partial charge in [-0.05, 0) is 102 Å². The van der Waals surface area contributed by atoms with Crippen LogP contribution in [0.5, 0.6) is 5.75 Å². The molecule has 0 saturated carbocycles. The van der Waals surface area contributed by atoms with Gasteiger partial charge in [0.2, 0.25) is 0 Å². The Morgan fingerprint density at radius 1 is 1.06 bits per heavy atom. The van der Waals surface area contributed by atoms with E-state index >= 15 is 0 Å². The van der Waals surface area contributed by atoms with Crippen LogP contribution in [-0.4, -0.2) is 73.1 Å². The molecule has 3 rings (SSSR count). The van der Waals surface area contributed by atoms with E-state index in [2.05, 4.69) is 76.1 Å². The highest BCUT2D eigenvalue weighted by Gasteiger charge is 2.30. The Morgan fingerprint density at radius 2 is 1.72 bits per heavy atom. The van der Waals surface area contributed by atoms with Crippen LogP contribution in [0.3, 0.4) is 0 Å². The van der Waals surface area contributed by atoms with Crippen LogP contribution in [0.25, 0.3) is 0 Å². The number of alkyl halides is 3. The van der Waals surface area contributed by atoms with Gasteiger partial charge in [-0.3, -0.25) is 20.0 Å². The molecule has 0 aromatic heterocycles. The van der Waals surface area contributed by atoms with Gasteiger partial charge in [-0.15, -0.1) is 24.9 Å². The molecule has 1 aliphatic heterocycles. The largest absolute Gasteiger partial charge is 0.573 e. The molecule has 0 bridgehead atoms. The summed E-state index contributed by atoms with van der Waals surface area (Å²) in [5, 5.41) is 6.78. The molecule has 1 heterocycles. The molecule has 1 unspecified atom stereocenters. The molecule has 1 fully saturated rings. The summed E-state index contributed by atoms with van der Waals surface area (Å²) in [5.74, 6) is 0.986. The number of aliphatic imine (C=N–C) groups is 2. The van der Waals surface area contributed by atoms with Gasteiger partial charge in [-0.1, -0.05) is 63.1 Å². The number of aryl methyl sites for hydroxylation is 3. The third-order valence-corrected chi connectivity index (χ3v) is 9.17. The van der Waals surface area contributed by atoms with Crippen molar-refractivity contribution >= 4 is 34.8 Å². The molecule has 0 aliphatic carbocycles. The number of piperidine rings is 1. The van der Waals surface area contributed by atoms with Gasteiger partial charge in [0.1, 0.15) is 11.5 Å². The zero-order valence-corrected chi connectivity index (χ0v) is 32.0. The first-order valence-electron chi connectivity index (χ1n) is 17.5. The minimum absolute atomic E-state index is 0.0709. The summed E-state index contributed by atoms with van der Waals surface area (Å²) in [5.41, 5.74) is 5.22. The number of thioether (sulfide) groups is 1. The van der Waals surface area contributed by atoms with Crippen LogP contribution in [0.1, 0.15) is 88.5 Å². The van der Waals surface area contributed by atoms with E-state index in [0.29, 0.717) is 29.7 Å². The number of urea groups is 1.